The van der Waals surface area contributed by atoms with Gasteiger partial charge in [0, 0.05) is 17.3 Å². The molecule has 0 N–H and O–H groups in total. The lowest BCUT2D eigenvalue weighted by atomic mass is 10.1. The Hall–Kier alpha value is -0.690. The molecule has 1 saturated carbocycles. The molecule has 2 aliphatic rings. The summed E-state index contributed by atoms with van der Waals surface area (Å²) in [5.74, 6) is 4.24. The Labute approximate surface area is 120 Å². The molecule has 2 fully saturated rings. The van der Waals surface area contributed by atoms with E-state index >= 15 is 0 Å². The molecule has 1 atom stereocenters. The van der Waals surface area contributed by atoms with Crippen molar-refractivity contribution >= 4 is 29.5 Å². The van der Waals surface area contributed by atoms with Gasteiger partial charge in [0.25, 0.3) is 0 Å². The molecule has 1 unspecified atom stereocenters. The third-order valence-electron chi connectivity index (χ3n) is 3.37. The van der Waals surface area contributed by atoms with E-state index in [1.165, 1.54) is 5.75 Å². The Morgan fingerprint density at radius 2 is 2.37 bits per heavy atom. The molecule has 0 aromatic carbocycles. The predicted molar refractivity (Wildman–Crippen MR) is 74.4 cm³/mol. The molecule has 0 spiro atoms. The van der Waals surface area contributed by atoms with Gasteiger partial charge in [-0.15, -0.1) is 11.8 Å². The average molecular weight is 300 g/mol. The molecule has 1 aromatic rings. The molecule has 2 heterocycles. The molecule has 1 aliphatic heterocycles. The van der Waals surface area contributed by atoms with Gasteiger partial charge in [-0.2, -0.15) is 16.7 Å². The second-order valence-electron chi connectivity index (χ2n) is 4.69. The van der Waals surface area contributed by atoms with E-state index in [1.54, 1.807) is 0 Å². The van der Waals surface area contributed by atoms with Crippen molar-refractivity contribution in [3.8, 4) is 0 Å². The first-order chi connectivity index (χ1) is 9.26. The SMILES string of the molecule is CCOC(=O)C1(c2nc(C3CSCCS3)no2)CC1. The van der Waals surface area contributed by atoms with E-state index in [0.29, 0.717) is 12.5 Å². The predicted octanol–water partition coefficient (Wildman–Crippen LogP) is 2.19. The van der Waals surface area contributed by atoms with Gasteiger partial charge in [-0.3, -0.25) is 4.79 Å². The number of hydrogen-bond donors (Lipinski definition) is 0. The van der Waals surface area contributed by atoms with Crippen LogP contribution in [-0.4, -0.2) is 40.0 Å². The van der Waals surface area contributed by atoms with Crippen molar-refractivity contribution in [2.24, 2.45) is 0 Å². The quantitative estimate of drug-likeness (QED) is 0.790. The first-order valence-corrected chi connectivity index (χ1v) is 8.67. The number of esters is 1. The van der Waals surface area contributed by atoms with Crippen LogP contribution in [0.3, 0.4) is 0 Å². The van der Waals surface area contributed by atoms with Crippen LogP contribution in [0.25, 0.3) is 0 Å². The van der Waals surface area contributed by atoms with E-state index in [1.807, 2.05) is 30.4 Å². The lowest BCUT2D eigenvalue weighted by molar-refractivity contribution is -0.146. The van der Waals surface area contributed by atoms with Crippen molar-refractivity contribution in [3.63, 3.8) is 0 Å². The fourth-order valence-electron chi connectivity index (χ4n) is 2.10. The van der Waals surface area contributed by atoms with E-state index in [-0.39, 0.29) is 11.2 Å². The van der Waals surface area contributed by atoms with Crippen LogP contribution in [0, 0.1) is 0 Å². The summed E-state index contributed by atoms with van der Waals surface area (Å²) < 4.78 is 10.4. The zero-order valence-electron chi connectivity index (χ0n) is 10.8. The van der Waals surface area contributed by atoms with Crippen molar-refractivity contribution in [3.05, 3.63) is 11.7 Å². The maximum Gasteiger partial charge on any atom is 0.321 e. The van der Waals surface area contributed by atoms with Gasteiger partial charge in [-0.25, -0.2) is 0 Å². The minimum Gasteiger partial charge on any atom is -0.465 e. The van der Waals surface area contributed by atoms with Crippen LogP contribution in [0.5, 0.6) is 0 Å². The van der Waals surface area contributed by atoms with Gasteiger partial charge >= 0.3 is 5.97 Å². The van der Waals surface area contributed by atoms with Crippen LogP contribution in [0.15, 0.2) is 4.52 Å². The molecular weight excluding hydrogens is 284 g/mol. The van der Waals surface area contributed by atoms with E-state index in [9.17, 15) is 4.79 Å². The highest BCUT2D eigenvalue weighted by Gasteiger charge is 2.57. The molecule has 104 valence electrons. The van der Waals surface area contributed by atoms with Gasteiger partial charge in [-0.05, 0) is 19.8 Å². The van der Waals surface area contributed by atoms with Gasteiger partial charge in [0.2, 0.25) is 5.89 Å². The lowest BCUT2D eigenvalue weighted by Gasteiger charge is -2.17. The number of ether oxygens (including phenoxy) is 1. The molecule has 3 rings (SSSR count). The highest BCUT2D eigenvalue weighted by molar-refractivity contribution is 8.06. The number of carbonyl (C=O) groups excluding carboxylic acids is 1. The average Bonchev–Trinajstić information content (AvgIpc) is 3.11. The van der Waals surface area contributed by atoms with Crippen molar-refractivity contribution in [1.82, 2.24) is 10.1 Å². The Morgan fingerprint density at radius 3 is 3.00 bits per heavy atom. The standard InChI is InChI=1S/C12H16N2O3S2/c1-2-16-11(15)12(3-4-12)10-13-9(14-17-10)8-7-18-5-6-19-8/h8H,2-7H2,1H3. The molecule has 5 nitrogen and oxygen atoms in total. The summed E-state index contributed by atoms with van der Waals surface area (Å²) in [7, 11) is 0. The first kappa shape index (κ1) is 13.3. The summed E-state index contributed by atoms with van der Waals surface area (Å²) in [6, 6.07) is 0. The second-order valence-corrected chi connectivity index (χ2v) is 7.16. The summed E-state index contributed by atoms with van der Waals surface area (Å²) in [6.45, 7) is 2.19. The Bertz CT molecular complexity index is 467. The van der Waals surface area contributed by atoms with Crippen LogP contribution in [0.1, 0.15) is 36.7 Å². The van der Waals surface area contributed by atoms with Crippen molar-refractivity contribution < 1.29 is 14.1 Å². The zero-order valence-corrected chi connectivity index (χ0v) is 12.4. The van der Waals surface area contributed by atoms with Gasteiger partial charge in [0.1, 0.15) is 5.41 Å². The summed E-state index contributed by atoms with van der Waals surface area (Å²) in [4.78, 5) is 16.4. The summed E-state index contributed by atoms with van der Waals surface area (Å²) >= 11 is 3.77. The Morgan fingerprint density at radius 1 is 1.53 bits per heavy atom. The molecule has 1 aromatic heterocycles. The maximum atomic E-state index is 12.0. The lowest BCUT2D eigenvalue weighted by Crippen LogP contribution is -2.23. The molecule has 1 saturated heterocycles. The van der Waals surface area contributed by atoms with E-state index in [0.717, 1.165) is 30.2 Å². The number of thioether (sulfide) groups is 2. The van der Waals surface area contributed by atoms with Crippen LogP contribution < -0.4 is 0 Å². The highest BCUT2D eigenvalue weighted by Crippen LogP contribution is 2.49. The summed E-state index contributed by atoms with van der Waals surface area (Å²) in [6.07, 6.45) is 1.50. The fourth-order valence-corrected chi connectivity index (χ4v) is 4.69. The van der Waals surface area contributed by atoms with Crippen LogP contribution in [0.4, 0.5) is 0 Å². The van der Waals surface area contributed by atoms with E-state index in [2.05, 4.69) is 10.1 Å². The molecule has 0 amide bonds. The number of nitrogens with zero attached hydrogens (tertiary/aromatic N) is 2. The highest BCUT2D eigenvalue weighted by atomic mass is 32.2. The van der Waals surface area contributed by atoms with Crippen molar-refractivity contribution in [1.29, 1.82) is 0 Å². The van der Waals surface area contributed by atoms with Gasteiger partial charge in [0.05, 0.1) is 11.9 Å². The number of carbonyl (C=O) groups is 1. The van der Waals surface area contributed by atoms with Crippen molar-refractivity contribution in [2.45, 2.75) is 30.4 Å². The Balaban J connectivity index is 1.75. The number of aromatic nitrogens is 2. The summed E-state index contributed by atoms with van der Waals surface area (Å²) in [5.41, 5.74) is -0.645. The summed E-state index contributed by atoms with van der Waals surface area (Å²) in [5, 5.41) is 4.35. The number of hydrogen-bond acceptors (Lipinski definition) is 7. The molecule has 0 radical (unpaired) electrons. The van der Waals surface area contributed by atoms with Gasteiger partial charge in [0.15, 0.2) is 5.82 Å². The molecule has 7 heteroatoms. The topological polar surface area (TPSA) is 65.2 Å². The first-order valence-electron chi connectivity index (χ1n) is 6.47. The monoisotopic (exact) mass is 300 g/mol. The molecule has 19 heavy (non-hydrogen) atoms. The Kier molecular flexibility index (Phi) is 3.75. The largest absolute Gasteiger partial charge is 0.465 e. The smallest absolute Gasteiger partial charge is 0.321 e. The normalized spacial score (nSPS) is 25.0. The maximum absolute atomic E-state index is 12.0. The third-order valence-corrected chi connectivity index (χ3v) is 6.12. The minimum absolute atomic E-state index is 0.226. The van der Waals surface area contributed by atoms with Gasteiger partial charge in [-0.1, -0.05) is 5.16 Å². The van der Waals surface area contributed by atoms with E-state index < -0.39 is 5.41 Å². The van der Waals surface area contributed by atoms with Crippen LogP contribution in [-0.2, 0) is 14.9 Å². The molecule has 0 bridgehead atoms. The fraction of sp³-hybridized carbons (Fsp3) is 0.750. The third kappa shape index (κ3) is 2.50. The van der Waals surface area contributed by atoms with Crippen molar-refractivity contribution in [2.75, 3.05) is 23.9 Å². The van der Waals surface area contributed by atoms with Gasteiger partial charge < -0.3 is 9.26 Å². The zero-order chi connectivity index (χ0) is 13.3. The number of rotatable bonds is 4. The van der Waals surface area contributed by atoms with Crippen LogP contribution >= 0.6 is 23.5 Å². The van der Waals surface area contributed by atoms with Crippen LogP contribution in [0.2, 0.25) is 0 Å². The van der Waals surface area contributed by atoms with E-state index in [4.69, 9.17) is 9.26 Å². The molecular formula is C12H16N2O3S2. The second kappa shape index (κ2) is 5.36. The minimum atomic E-state index is -0.645. The molecule has 1 aliphatic carbocycles.